The summed E-state index contributed by atoms with van der Waals surface area (Å²) in [4.78, 5) is 18.0. The van der Waals surface area contributed by atoms with Gasteiger partial charge in [0.15, 0.2) is 5.34 Å². The highest BCUT2D eigenvalue weighted by atomic mass is 32.2. The third kappa shape index (κ3) is 3.33. The summed E-state index contributed by atoms with van der Waals surface area (Å²) in [5.41, 5.74) is 0. The molecule has 0 aromatic heterocycles. The first-order chi connectivity index (χ1) is 6.08. The van der Waals surface area contributed by atoms with E-state index in [2.05, 4.69) is 4.18 Å². The summed E-state index contributed by atoms with van der Waals surface area (Å²) in [6.45, 7) is 2.93. The van der Waals surface area contributed by atoms with Gasteiger partial charge in [-0.15, -0.1) is 0 Å². The van der Waals surface area contributed by atoms with Gasteiger partial charge in [0.2, 0.25) is 0 Å². The van der Waals surface area contributed by atoms with Gasteiger partial charge in [-0.2, -0.15) is 8.42 Å². The van der Waals surface area contributed by atoms with E-state index in [0.717, 1.165) is 6.26 Å². The van der Waals surface area contributed by atoms with Crippen molar-refractivity contribution in [3.8, 4) is 0 Å². The Labute approximate surface area is 83.6 Å². The predicted molar refractivity (Wildman–Crippen MR) is 51.3 cm³/mol. The fourth-order valence-electron chi connectivity index (χ4n) is 1.11. The minimum Gasteiger partial charge on any atom is -0.322 e. The molecule has 86 valence electrons. The van der Waals surface area contributed by atoms with Crippen LogP contribution >= 0.6 is 7.60 Å². The number of hydrogen-bond acceptors (Lipinski definition) is 4. The van der Waals surface area contributed by atoms with Gasteiger partial charge in [0, 0.05) is 0 Å². The molecule has 0 bridgehead atoms. The zero-order valence-electron chi connectivity index (χ0n) is 8.30. The molecule has 0 saturated carbocycles. The van der Waals surface area contributed by atoms with Crippen LogP contribution < -0.4 is 0 Å². The molecule has 6 nitrogen and oxygen atoms in total. The van der Waals surface area contributed by atoms with Crippen LogP contribution in [0.4, 0.5) is 0 Å². The summed E-state index contributed by atoms with van der Waals surface area (Å²) in [7, 11) is -8.49. The van der Waals surface area contributed by atoms with Crippen molar-refractivity contribution < 1.29 is 27.0 Å². The molecule has 0 aliphatic carbocycles. The Hall–Kier alpha value is 0.0600. The van der Waals surface area contributed by atoms with Crippen LogP contribution in [-0.4, -0.2) is 29.8 Å². The molecule has 2 N–H and O–H groups in total. The summed E-state index contributed by atoms with van der Waals surface area (Å²) in [6.07, 6.45) is 0.629. The van der Waals surface area contributed by atoms with Crippen molar-refractivity contribution in [3.05, 3.63) is 0 Å². The van der Waals surface area contributed by atoms with Gasteiger partial charge in [0.05, 0.1) is 6.26 Å². The molecular weight excluding hydrogens is 231 g/mol. The van der Waals surface area contributed by atoms with E-state index in [1.165, 1.54) is 13.8 Å². The molecule has 0 spiro atoms. The maximum Gasteiger partial charge on any atom is 0.358 e. The van der Waals surface area contributed by atoms with E-state index in [4.69, 9.17) is 9.79 Å². The molecular formula is C6H15O6PS. The van der Waals surface area contributed by atoms with Crippen LogP contribution in [0.15, 0.2) is 0 Å². The summed E-state index contributed by atoms with van der Waals surface area (Å²) < 4.78 is 37.3. The molecule has 0 aromatic carbocycles. The number of hydrogen-bond donors (Lipinski definition) is 2. The molecule has 0 heterocycles. The van der Waals surface area contributed by atoms with Crippen molar-refractivity contribution in [2.45, 2.75) is 32.0 Å². The van der Waals surface area contributed by atoms with Gasteiger partial charge >= 0.3 is 7.60 Å². The third-order valence-corrected chi connectivity index (χ3v) is 4.47. The maximum atomic E-state index is 11.1. The molecule has 0 radical (unpaired) electrons. The van der Waals surface area contributed by atoms with Crippen molar-refractivity contribution in [2.24, 2.45) is 0 Å². The van der Waals surface area contributed by atoms with Crippen LogP contribution in [0.2, 0.25) is 0 Å². The summed E-state index contributed by atoms with van der Waals surface area (Å²) >= 11 is 0. The Morgan fingerprint density at radius 1 is 1.29 bits per heavy atom. The van der Waals surface area contributed by atoms with E-state index >= 15 is 0 Å². The lowest BCUT2D eigenvalue weighted by molar-refractivity contribution is 0.116. The van der Waals surface area contributed by atoms with Gasteiger partial charge in [0.25, 0.3) is 10.1 Å². The van der Waals surface area contributed by atoms with Crippen molar-refractivity contribution in [2.75, 3.05) is 6.26 Å². The zero-order chi connectivity index (χ0) is 11.6. The van der Waals surface area contributed by atoms with Crippen LogP contribution in [0.5, 0.6) is 0 Å². The number of rotatable bonds is 5. The monoisotopic (exact) mass is 246 g/mol. The summed E-state index contributed by atoms with van der Waals surface area (Å²) in [5.74, 6) is 0. The molecule has 0 fully saturated rings. The van der Waals surface area contributed by atoms with Gasteiger partial charge in [-0.1, -0.05) is 13.8 Å². The van der Waals surface area contributed by atoms with Crippen LogP contribution in [0.25, 0.3) is 0 Å². The first kappa shape index (κ1) is 14.1. The van der Waals surface area contributed by atoms with Crippen LogP contribution in [0.3, 0.4) is 0 Å². The molecule has 8 heteroatoms. The summed E-state index contributed by atoms with van der Waals surface area (Å²) in [5, 5.41) is -1.92. The van der Waals surface area contributed by atoms with E-state index in [1.807, 2.05) is 0 Å². The minimum absolute atomic E-state index is 0.0686. The second-order valence-corrected chi connectivity index (χ2v) is 6.46. The molecule has 0 amide bonds. The minimum atomic E-state index is -4.60. The topological polar surface area (TPSA) is 101 Å². The van der Waals surface area contributed by atoms with Crippen molar-refractivity contribution in [1.29, 1.82) is 0 Å². The molecule has 14 heavy (non-hydrogen) atoms. The Kier molecular flexibility index (Phi) is 4.30. The lowest BCUT2D eigenvalue weighted by Crippen LogP contribution is -2.33. The average Bonchev–Trinajstić information content (AvgIpc) is 1.96. The van der Waals surface area contributed by atoms with Crippen LogP contribution in [-0.2, 0) is 18.9 Å². The largest absolute Gasteiger partial charge is 0.358 e. The van der Waals surface area contributed by atoms with Crippen molar-refractivity contribution in [1.82, 2.24) is 0 Å². The second kappa shape index (κ2) is 4.28. The fourth-order valence-corrected chi connectivity index (χ4v) is 3.53. The Bertz CT molecular complexity index is 324. The molecule has 0 aliphatic rings. The molecule has 0 aromatic rings. The normalized spacial score (nSPS) is 14.4. The highest BCUT2D eigenvalue weighted by Gasteiger charge is 2.47. The first-order valence-corrected chi connectivity index (χ1v) is 7.47. The first-order valence-electron chi connectivity index (χ1n) is 4.04. The second-order valence-electron chi connectivity index (χ2n) is 2.98. The quantitative estimate of drug-likeness (QED) is 0.545. The highest BCUT2D eigenvalue weighted by Crippen LogP contribution is 2.55. The van der Waals surface area contributed by atoms with Crippen molar-refractivity contribution >= 4 is 17.7 Å². The van der Waals surface area contributed by atoms with E-state index in [0.29, 0.717) is 0 Å². The maximum absolute atomic E-state index is 11.1. The Morgan fingerprint density at radius 3 is 1.71 bits per heavy atom. The van der Waals surface area contributed by atoms with Gasteiger partial charge < -0.3 is 9.79 Å². The molecule has 0 atom stereocenters. The lowest BCUT2D eigenvalue weighted by Gasteiger charge is -2.30. The lowest BCUT2D eigenvalue weighted by atomic mass is 10.2. The zero-order valence-corrected chi connectivity index (χ0v) is 10.0. The van der Waals surface area contributed by atoms with E-state index < -0.39 is 23.1 Å². The summed E-state index contributed by atoms with van der Waals surface area (Å²) in [6, 6.07) is 0. The molecule has 0 rings (SSSR count). The van der Waals surface area contributed by atoms with Gasteiger partial charge in [-0.25, -0.2) is 0 Å². The van der Waals surface area contributed by atoms with E-state index in [9.17, 15) is 13.0 Å². The molecule has 0 unspecified atom stereocenters. The van der Waals surface area contributed by atoms with E-state index in [-0.39, 0.29) is 12.8 Å². The van der Waals surface area contributed by atoms with Gasteiger partial charge in [0.1, 0.15) is 0 Å². The third-order valence-electron chi connectivity index (χ3n) is 1.94. The molecule has 0 saturated heterocycles. The average molecular weight is 246 g/mol. The van der Waals surface area contributed by atoms with E-state index in [1.54, 1.807) is 0 Å². The molecule has 0 aliphatic heterocycles. The van der Waals surface area contributed by atoms with Gasteiger partial charge in [-0.05, 0) is 12.8 Å². The van der Waals surface area contributed by atoms with Crippen molar-refractivity contribution in [3.63, 3.8) is 0 Å². The predicted octanol–water partition coefficient (Wildman–Crippen LogP) is 0.657. The Morgan fingerprint density at radius 2 is 1.64 bits per heavy atom. The Balaban J connectivity index is 5.22. The van der Waals surface area contributed by atoms with Gasteiger partial charge in [-0.3, -0.25) is 8.75 Å². The highest BCUT2D eigenvalue weighted by molar-refractivity contribution is 7.86. The standard InChI is InChI=1S/C6H15O6PS/c1-4-6(5-2,13(7,8)9)12-14(3,10)11/h4-5H2,1-3H3,(H2,7,8,9). The van der Waals surface area contributed by atoms with Crippen LogP contribution in [0, 0.1) is 0 Å². The smallest absolute Gasteiger partial charge is 0.322 e. The SMILES string of the molecule is CCC(CC)(OS(C)(=O)=O)P(=O)(O)O. The van der Waals surface area contributed by atoms with Crippen LogP contribution in [0.1, 0.15) is 26.7 Å². The fraction of sp³-hybridized carbons (Fsp3) is 1.00.